The summed E-state index contributed by atoms with van der Waals surface area (Å²) in [6.45, 7) is 1.75. The minimum atomic E-state index is -3.86. The second-order valence-electron chi connectivity index (χ2n) is 4.36. The van der Waals surface area contributed by atoms with Gasteiger partial charge >= 0.3 is 5.97 Å². The maximum Gasteiger partial charge on any atom is 0.337 e. The molecule has 0 aliphatic carbocycles. The van der Waals surface area contributed by atoms with Crippen LogP contribution in [0.2, 0.25) is 10.0 Å². The Kier molecular flexibility index (Phi) is 4.27. The molecule has 110 valence electrons. The van der Waals surface area contributed by atoms with Crippen molar-refractivity contribution in [3.05, 3.63) is 57.6 Å². The number of hydrogen-bond donors (Lipinski definition) is 1. The van der Waals surface area contributed by atoms with Gasteiger partial charge in [-0.2, -0.15) is 0 Å². The fraction of sp³-hybridized carbons (Fsp3) is 0.0714. The van der Waals surface area contributed by atoms with Gasteiger partial charge in [0, 0.05) is 5.02 Å². The summed E-state index contributed by atoms with van der Waals surface area (Å²) < 4.78 is 25.0. The fourth-order valence-electron chi connectivity index (χ4n) is 1.71. The quantitative estimate of drug-likeness (QED) is 0.918. The van der Waals surface area contributed by atoms with Crippen LogP contribution in [0.3, 0.4) is 0 Å². The number of sulfone groups is 1. The molecule has 0 heterocycles. The molecule has 2 rings (SSSR count). The van der Waals surface area contributed by atoms with E-state index < -0.39 is 15.8 Å². The predicted octanol–water partition coefficient (Wildman–Crippen LogP) is 3.83. The normalized spacial score (nSPS) is 11.4. The number of carbonyl (C=O) groups is 1. The lowest BCUT2D eigenvalue weighted by atomic mass is 10.2. The molecule has 21 heavy (non-hydrogen) atoms. The molecule has 0 unspecified atom stereocenters. The van der Waals surface area contributed by atoms with Crippen LogP contribution in [0, 0.1) is 6.92 Å². The zero-order chi connectivity index (χ0) is 15.8. The summed E-state index contributed by atoms with van der Waals surface area (Å²) in [5, 5.41) is 9.30. The molecule has 2 aromatic rings. The molecular weight excluding hydrogens is 335 g/mol. The number of carboxylic acids is 1. The van der Waals surface area contributed by atoms with Crippen molar-refractivity contribution in [2.75, 3.05) is 0 Å². The maximum absolute atomic E-state index is 12.5. The zero-order valence-corrected chi connectivity index (χ0v) is 13.1. The SMILES string of the molecule is Cc1ccc(S(=O)(=O)c2ccc(Cl)c(C(=O)O)c2)cc1Cl. The third-order valence-corrected chi connectivity index (χ3v) is 5.42. The zero-order valence-electron chi connectivity index (χ0n) is 10.8. The number of aromatic carboxylic acids is 1. The number of benzene rings is 2. The van der Waals surface area contributed by atoms with Crippen molar-refractivity contribution < 1.29 is 18.3 Å². The molecule has 0 fully saturated rings. The van der Waals surface area contributed by atoms with E-state index in [2.05, 4.69) is 0 Å². The summed E-state index contributed by atoms with van der Waals surface area (Å²) in [5.74, 6) is -1.29. The Balaban J connectivity index is 2.61. The minimum Gasteiger partial charge on any atom is -0.478 e. The highest BCUT2D eigenvalue weighted by molar-refractivity contribution is 7.91. The van der Waals surface area contributed by atoms with Crippen LogP contribution < -0.4 is 0 Å². The molecule has 0 spiro atoms. The summed E-state index contributed by atoms with van der Waals surface area (Å²) in [5.41, 5.74) is 0.480. The molecular formula is C14H10Cl2O4S. The van der Waals surface area contributed by atoms with Crippen molar-refractivity contribution in [2.45, 2.75) is 16.7 Å². The topological polar surface area (TPSA) is 71.4 Å². The second kappa shape index (κ2) is 5.67. The van der Waals surface area contributed by atoms with Crippen molar-refractivity contribution in [3.63, 3.8) is 0 Å². The highest BCUT2D eigenvalue weighted by Crippen LogP contribution is 2.28. The molecule has 0 aliphatic heterocycles. The van der Waals surface area contributed by atoms with Crippen LogP contribution >= 0.6 is 23.2 Å². The maximum atomic E-state index is 12.5. The van der Waals surface area contributed by atoms with Crippen LogP contribution in [0.25, 0.3) is 0 Å². The van der Waals surface area contributed by atoms with E-state index in [-0.39, 0.29) is 20.4 Å². The first-order valence-electron chi connectivity index (χ1n) is 5.77. The largest absolute Gasteiger partial charge is 0.478 e. The summed E-state index contributed by atoms with van der Waals surface area (Å²) in [6.07, 6.45) is 0. The first kappa shape index (κ1) is 15.8. The van der Waals surface area contributed by atoms with E-state index in [9.17, 15) is 13.2 Å². The Hall–Kier alpha value is -1.56. The molecule has 7 heteroatoms. The van der Waals surface area contributed by atoms with E-state index in [1.54, 1.807) is 13.0 Å². The molecule has 0 atom stereocenters. The van der Waals surface area contributed by atoms with E-state index in [0.717, 1.165) is 11.6 Å². The molecule has 0 saturated heterocycles. The highest BCUT2D eigenvalue weighted by atomic mass is 35.5. The molecule has 0 amide bonds. The Labute approximate surface area is 131 Å². The summed E-state index contributed by atoms with van der Waals surface area (Å²) in [7, 11) is -3.86. The number of carboxylic acid groups (broad SMARTS) is 1. The third kappa shape index (κ3) is 3.05. The average Bonchev–Trinajstić information content (AvgIpc) is 2.41. The monoisotopic (exact) mass is 344 g/mol. The first-order chi connectivity index (χ1) is 9.73. The van der Waals surface area contributed by atoms with E-state index in [1.165, 1.54) is 24.3 Å². The van der Waals surface area contributed by atoms with Crippen LogP contribution in [0.15, 0.2) is 46.2 Å². The van der Waals surface area contributed by atoms with Gasteiger partial charge < -0.3 is 5.11 Å². The predicted molar refractivity (Wildman–Crippen MR) is 80.1 cm³/mol. The Morgan fingerprint density at radius 2 is 1.57 bits per heavy atom. The van der Waals surface area contributed by atoms with Crippen molar-refractivity contribution in [2.24, 2.45) is 0 Å². The molecule has 0 bridgehead atoms. The number of aryl methyl sites for hydroxylation is 1. The first-order valence-corrected chi connectivity index (χ1v) is 8.01. The van der Waals surface area contributed by atoms with Crippen LogP contribution in [0.1, 0.15) is 15.9 Å². The van der Waals surface area contributed by atoms with Gasteiger partial charge in [-0.15, -0.1) is 0 Å². The summed E-state index contributed by atoms with van der Waals surface area (Å²) in [4.78, 5) is 10.9. The molecule has 2 aromatic carbocycles. The van der Waals surface area contributed by atoms with Crippen LogP contribution in [-0.2, 0) is 9.84 Å². The van der Waals surface area contributed by atoms with Crippen molar-refractivity contribution in [3.8, 4) is 0 Å². The van der Waals surface area contributed by atoms with Gasteiger partial charge in [0.25, 0.3) is 0 Å². The number of hydrogen-bond acceptors (Lipinski definition) is 3. The summed E-state index contributed by atoms with van der Waals surface area (Å²) in [6, 6.07) is 7.88. The Bertz CT molecular complexity index is 829. The highest BCUT2D eigenvalue weighted by Gasteiger charge is 2.21. The van der Waals surface area contributed by atoms with Crippen molar-refractivity contribution >= 4 is 39.0 Å². The molecule has 1 N–H and O–H groups in total. The van der Waals surface area contributed by atoms with Crippen LogP contribution in [0.4, 0.5) is 0 Å². The van der Waals surface area contributed by atoms with Crippen molar-refractivity contribution in [1.82, 2.24) is 0 Å². The molecule has 0 saturated carbocycles. The van der Waals surface area contributed by atoms with Crippen LogP contribution in [-0.4, -0.2) is 19.5 Å². The Morgan fingerprint density at radius 1 is 1.00 bits per heavy atom. The second-order valence-corrected chi connectivity index (χ2v) is 7.13. The van der Waals surface area contributed by atoms with Gasteiger partial charge in [0.15, 0.2) is 0 Å². The van der Waals surface area contributed by atoms with E-state index >= 15 is 0 Å². The van der Waals surface area contributed by atoms with Gasteiger partial charge in [0.05, 0.1) is 20.4 Å². The third-order valence-electron chi connectivity index (χ3n) is 2.93. The smallest absolute Gasteiger partial charge is 0.337 e. The molecule has 0 aromatic heterocycles. The summed E-state index contributed by atoms with van der Waals surface area (Å²) >= 11 is 11.7. The van der Waals surface area contributed by atoms with Crippen LogP contribution in [0.5, 0.6) is 0 Å². The number of halogens is 2. The average molecular weight is 345 g/mol. The van der Waals surface area contributed by atoms with Gasteiger partial charge in [-0.1, -0.05) is 29.3 Å². The van der Waals surface area contributed by atoms with Crippen molar-refractivity contribution in [1.29, 1.82) is 0 Å². The van der Waals surface area contributed by atoms with Gasteiger partial charge in [0.2, 0.25) is 9.84 Å². The van der Waals surface area contributed by atoms with Gasteiger partial charge in [-0.05, 0) is 42.8 Å². The standard InChI is InChI=1S/C14H10Cl2O4S/c1-8-2-3-10(7-13(8)16)21(19,20)9-4-5-12(15)11(6-9)14(17)18/h2-7H,1H3,(H,17,18). The molecule has 0 aliphatic rings. The van der Waals surface area contributed by atoms with E-state index in [1.807, 2.05) is 0 Å². The lowest BCUT2D eigenvalue weighted by Crippen LogP contribution is -2.05. The van der Waals surface area contributed by atoms with E-state index in [0.29, 0.717) is 5.02 Å². The molecule has 4 nitrogen and oxygen atoms in total. The fourth-order valence-corrected chi connectivity index (χ4v) is 3.47. The van der Waals surface area contributed by atoms with Gasteiger partial charge in [-0.3, -0.25) is 0 Å². The lowest BCUT2D eigenvalue weighted by molar-refractivity contribution is 0.0697. The lowest BCUT2D eigenvalue weighted by Gasteiger charge is -2.08. The minimum absolute atomic E-state index is 0.00300. The van der Waals surface area contributed by atoms with E-state index in [4.69, 9.17) is 28.3 Å². The van der Waals surface area contributed by atoms with Gasteiger partial charge in [0.1, 0.15) is 0 Å². The van der Waals surface area contributed by atoms with Gasteiger partial charge in [-0.25, -0.2) is 13.2 Å². The Morgan fingerprint density at radius 3 is 2.14 bits per heavy atom. The molecule has 0 radical (unpaired) electrons. The number of rotatable bonds is 3.